The van der Waals surface area contributed by atoms with Crippen LogP contribution >= 0.6 is 0 Å². The molecule has 0 heterocycles. The van der Waals surface area contributed by atoms with Crippen molar-refractivity contribution in [2.45, 2.75) is 83.5 Å². The van der Waals surface area contributed by atoms with Crippen LogP contribution in [0.3, 0.4) is 0 Å². The van der Waals surface area contributed by atoms with Crippen LogP contribution < -0.4 is 0 Å². The molecule has 5 nitrogen and oxygen atoms in total. The SMILES string of the molecule is CC(=O)[C@H]1CC[C@@]2(O)[C@@H]3CC=C4C[C@@H](O)CC[C@]4(C)[C@H]3C[C@@H](OC(=O)c3ccccc3)[C@@]12C. The predicted octanol–water partition coefficient (Wildman–Crippen LogP) is 4.47. The number of ketones is 1. The summed E-state index contributed by atoms with van der Waals surface area (Å²) in [6, 6.07) is 8.97. The molecule has 0 spiro atoms. The minimum atomic E-state index is -1.07. The van der Waals surface area contributed by atoms with E-state index in [-0.39, 0.29) is 35.1 Å². The summed E-state index contributed by atoms with van der Waals surface area (Å²) in [5.41, 5.74) is -0.260. The largest absolute Gasteiger partial charge is 0.458 e. The number of allylic oxidation sites excluding steroid dienone is 1. The summed E-state index contributed by atoms with van der Waals surface area (Å²) < 4.78 is 6.21. The van der Waals surface area contributed by atoms with E-state index < -0.39 is 23.1 Å². The molecule has 0 amide bonds. The van der Waals surface area contributed by atoms with E-state index in [4.69, 9.17) is 4.74 Å². The van der Waals surface area contributed by atoms with Crippen molar-refractivity contribution in [2.24, 2.45) is 28.6 Å². The summed E-state index contributed by atoms with van der Waals surface area (Å²) in [6.07, 6.45) is 6.25. The lowest BCUT2D eigenvalue weighted by Crippen LogP contribution is -2.66. The van der Waals surface area contributed by atoms with Gasteiger partial charge in [-0.1, -0.05) is 43.7 Å². The van der Waals surface area contributed by atoms with Gasteiger partial charge in [0.05, 0.1) is 17.3 Å². The maximum absolute atomic E-state index is 13.2. The van der Waals surface area contributed by atoms with Gasteiger partial charge in [-0.15, -0.1) is 0 Å². The zero-order chi connectivity index (χ0) is 23.6. The number of fused-ring (bicyclic) bond motifs is 5. The molecule has 178 valence electrons. The Kier molecular flexibility index (Phi) is 5.37. The Morgan fingerprint density at radius 3 is 2.48 bits per heavy atom. The van der Waals surface area contributed by atoms with Gasteiger partial charge < -0.3 is 14.9 Å². The zero-order valence-electron chi connectivity index (χ0n) is 19.9. The minimum Gasteiger partial charge on any atom is -0.458 e. The van der Waals surface area contributed by atoms with Gasteiger partial charge in [0, 0.05) is 11.3 Å². The van der Waals surface area contributed by atoms with Gasteiger partial charge in [-0.25, -0.2) is 4.79 Å². The first-order valence-corrected chi connectivity index (χ1v) is 12.5. The maximum Gasteiger partial charge on any atom is 0.338 e. The lowest BCUT2D eigenvalue weighted by molar-refractivity contribution is -0.224. The van der Waals surface area contributed by atoms with Gasteiger partial charge in [-0.05, 0) is 81.3 Å². The van der Waals surface area contributed by atoms with Gasteiger partial charge in [-0.2, -0.15) is 0 Å². The smallest absolute Gasteiger partial charge is 0.338 e. The van der Waals surface area contributed by atoms with Crippen molar-refractivity contribution in [2.75, 3.05) is 0 Å². The summed E-state index contributed by atoms with van der Waals surface area (Å²) >= 11 is 0. The van der Waals surface area contributed by atoms with E-state index in [0.29, 0.717) is 31.2 Å². The van der Waals surface area contributed by atoms with Crippen molar-refractivity contribution in [3.8, 4) is 0 Å². The zero-order valence-corrected chi connectivity index (χ0v) is 19.9. The van der Waals surface area contributed by atoms with Gasteiger partial charge in [-0.3, -0.25) is 4.79 Å². The average molecular weight is 453 g/mol. The highest BCUT2D eigenvalue weighted by atomic mass is 16.5. The summed E-state index contributed by atoms with van der Waals surface area (Å²) in [6.45, 7) is 5.85. The summed E-state index contributed by atoms with van der Waals surface area (Å²) in [5.74, 6) is -0.507. The molecule has 4 aliphatic rings. The van der Waals surface area contributed by atoms with Crippen molar-refractivity contribution in [1.82, 2.24) is 0 Å². The van der Waals surface area contributed by atoms with Crippen LogP contribution in [0.4, 0.5) is 0 Å². The molecule has 33 heavy (non-hydrogen) atoms. The lowest BCUT2D eigenvalue weighted by Gasteiger charge is -2.62. The number of aliphatic hydroxyl groups is 2. The molecule has 0 radical (unpaired) electrons. The van der Waals surface area contributed by atoms with Crippen molar-refractivity contribution < 1.29 is 24.5 Å². The number of carbonyl (C=O) groups excluding carboxylic acids is 2. The van der Waals surface area contributed by atoms with Gasteiger partial charge in [0.1, 0.15) is 11.9 Å². The molecule has 3 saturated carbocycles. The molecule has 2 N–H and O–H groups in total. The van der Waals surface area contributed by atoms with E-state index >= 15 is 0 Å². The van der Waals surface area contributed by atoms with Crippen molar-refractivity contribution in [3.05, 3.63) is 47.5 Å². The standard InChI is InChI=1S/C28H36O5/c1-17(29)21-12-14-28(32)22-10-9-19-15-20(30)11-13-26(19,2)23(22)16-24(27(21,28)3)33-25(31)18-7-5-4-6-8-18/h4-9,20-24,30,32H,10-16H2,1-3H3/t20-,21+,22+,23-,24+,26-,27+,28+/m0/s1. The monoisotopic (exact) mass is 452 g/mol. The van der Waals surface area contributed by atoms with Crippen molar-refractivity contribution in [3.63, 3.8) is 0 Å². The molecule has 0 aromatic heterocycles. The van der Waals surface area contributed by atoms with Crippen LogP contribution in [0.5, 0.6) is 0 Å². The fraction of sp³-hybridized carbons (Fsp3) is 0.643. The van der Waals surface area contributed by atoms with Crippen molar-refractivity contribution >= 4 is 11.8 Å². The Balaban J connectivity index is 1.57. The van der Waals surface area contributed by atoms with Crippen molar-refractivity contribution in [1.29, 1.82) is 0 Å². The van der Waals surface area contributed by atoms with E-state index in [2.05, 4.69) is 13.0 Å². The lowest BCUT2D eigenvalue weighted by atomic mass is 9.45. The molecule has 8 atom stereocenters. The molecule has 1 aromatic rings. The van der Waals surface area contributed by atoms with Crippen LogP contribution in [0, 0.1) is 28.6 Å². The molecular formula is C28H36O5. The Labute approximate surface area is 196 Å². The number of benzene rings is 1. The molecule has 0 bridgehead atoms. The second-order valence-electron chi connectivity index (χ2n) is 11.4. The Morgan fingerprint density at radius 1 is 1.06 bits per heavy atom. The number of esters is 1. The van der Waals surface area contributed by atoms with Crippen LogP contribution in [0.25, 0.3) is 0 Å². The van der Waals surface area contributed by atoms with E-state index in [1.54, 1.807) is 19.1 Å². The quantitative estimate of drug-likeness (QED) is 0.522. The highest BCUT2D eigenvalue weighted by molar-refractivity contribution is 5.89. The number of Topliss-reactive ketones (excluding diaryl/α,β-unsaturated/α-hetero) is 1. The van der Waals surface area contributed by atoms with E-state index in [1.165, 1.54) is 5.57 Å². The van der Waals surface area contributed by atoms with Gasteiger partial charge in [0.15, 0.2) is 0 Å². The van der Waals surface area contributed by atoms with Crippen LogP contribution in [0.2, 0.25) is 0 Å². The van der Waals surface area contributed by atoms with Crippen LogP contribution in [-0.2, 0) is 9.53 Å². The number of rotatable bonds is 3. The number of hydrogen-bond donors (Lipinski definition) is 2. The average Bonchev–Trinajstić information content (AvgIpc) is 3.08. The molecule has 4 aliphatic carbocycles. The molecule has 1 aromatic carbocycles. The fourth-order valence-electron chi connectivity index (χ4n) is 8.15. The first-order chi connectivity index (χ1) is 15.6. The molecule has 0 aliphatic heterocycles. The van der Waals surface area contributed by atoms with E-state index in [0.717, 1.165) is 19.3 Å². The fourth-order valence-corrected chi connectivity index (χ4v) is 8.15. The number of aliphatic hydroxyl groups excluding tert-OH is 1. The third-order valence-corrected chi connectivity index (χ3v) is 10.1. The van der Waals surface area contributed by atoms with Crippen LogP contribution in [0.1, 0.15) is 76.1 Å². The maximum atomic E-state index is 13.2. The molecule has 3 fully saturated rings. The highest BCUT2D eigenvalue weighted by Crippen LogP contribution is 2.68. The van der Waals surface area contributed by atoms with Gasteiger partial charge in [0.2, 0.25) is 0 Å². The topological polar surface area (TPSA) is 83.8 Å². The molecule has 0 unspecified atom stereocenters. The number of carbonyl (C=O) groups is 2. The first kappa shape index (κ1) is 22.8. The second kappa shape index (κ2) is 7.78. The Morgan fingerprint density at radius 2 is 1.79 bits per heavy atom. The third kappa shape index (κ3) is 3.19. The highest BCUT2D eigenvalue weighted by Gasteiger charge is 2.71. The summed E-state index contributed by atoms with van der Waals surface area (Å²) in [5, 5.41) is 22.7. The minimum absolute atomic E-state index is 0.0162. The first-order valence-electron chi connectivity index (χ1n) is 12.5. The predicted molar refractivity (Wildman–Crippen MR) is 124 cm³/mol. The van der Waals surface area contributed by atoms with Gasteiger partial charge in [0.25, 0.3) is 0 Å². The Hall–Kier alpha value is -1.98. The van der Waals surface area contributed by atoms with E-state index in [1.807, 2.05) is 25.1 Å². The van der Waals surface area contributed by atoms with Gasteiger partial charge >= 0.3 is 5.97 Å². The van der Waals surface area contributed by atoms with Crippen LogP contribution in [-0.4, -0.2) is 39.8 Å². The molecule has 0 saturated heterocycles. The second-order valence-corrected chi connectivity index (χ2v) is 11.4. The summed E-state index contributed by atoms with van der Waals surface area (Å²) in [4.78, 5) is 25.9. The molecular weight excluding hydrogens is 416 g/mol. The molecule has 5 rings (SSSR count). The number of hydrogen-bond acceptors (Lipinski definition) is 5. The third-order valence-electron chi connectivity index (χ3n) is 10.1. The number of ether oxygens (including phenoxy) is 1. The van der Waals surface area contributed by atoms with E-state index in [9.17, 15) is 19.8 Å². The Bertz CT molecular complexity index is 985. The summed E-state index contributed by atoms with van der Waals surface area (Å²) in [7, 11) is 0. The van der Waals surface area contributed by atoms with Crippen LogP contribution in [0.15, 0.2) is 42.0 Å². The normalized spacial score (nSPS) is 44.2. The molecule has 5 heteroatoms.